The van der Waals surface area contributed by atoms with Gasteiger partial charge in [-0.1, -0.05) is 30.3 Å². The highest BCUT2D eigenvalue weighted by Gasteiger charge is 2.29. The number of nitrogens with zero attached hydrogens (tertiary/aromatic N) is 2. The van der Waals surface area contributed by atoms with Crippen molar-refractivity contribution in [2.45, 2.75) is 22.6 Å². The van der Waals surface area contributed by atoms with Crippen LogP contribution in [-0.2, 0) is 16.3 Å². The third-order valence-corrected chi connectivity index (χ3v) is 7.89. The molecule has 7 nitrogen and oxygen atoms in total. The highest BCUT2D eigenvalue weighted by molar-refractivity contribution is 7.91. The van der Waals surface area contributed by atoms with Crippen molar-refractivity contribution < 1.29 is 22.7 Å². The molecule has 0 bridgehead atoms. The Kier molecular flexibility index (Phi) is 5.30. The van der Waals surface area contributed by atoms with E-state index in [2.05, 4.69) is 4.98 Å². The first-order chi connectivity index (χ1) is 17.5. The summed E-state index contributed by atoms with van der Waals surface area (Å²) in [6, 6.07) is 22.1. The molecule has 0 N–H and O–H groups in total. The molecule has 0 aliphatic carbocycles. The molecule has 0 amide bonds. The predicted octanol–water partition coefficient (Wildman–Crippen LogP) is 5.88. The zero-order valence-electron chi connectivity index (χ0n) is 19.0. The van der Waals surface area contributed by atoms with Gasteiger partial charge in [0.15, 0.2) is 28.8 Å². The molecule has 0 atom stereocenters. The second-order valence-corrected chi connectivity index (χ2v) is 10.3. The van der Waals surface area contributed by atoms with Crippen LogP contribution in [0.3, 0.4) is 0 Å². The number of fused-ring (bicyclic) bond motifs is 3. The quantitative estimate of drug-likeness (QED) is 0.268. The van der Waals surface area contributed by atoms with Crippen LogP contribution < -0.4 is 9.47 Å². The van der Waals surface area contributed by atoms with Crippen molar-refractivity contribution in [1.29, 1.82) is 0 Å². The van der Waals surface area contributed by atoms with Gasteiger partial charge < -0.3 is 13.9 Å². The van der Waals surface area contributed by atoms with Crippen LogP contribution >= 0.6 is 0 Å². The number of ketones is 1. The van der Waals surface area contributed by atoms with Crippen molar-refractivity contribution in [2.24, 2.45) is 0 Å². The van der Waals surface area contributed by atoms with Gasteiger partial charge in [0.25, 0.3) is 0 Å². The molecule has 0 unspecified atom stereocenters. The number of aromatic nitrogens is 2. The summed E-state index contributed by atoms with van der Waals surface area (Å²) in [5.41, 5.74) is 2.26. The minimum atomic E-state index is -3.87. The molecule has 0 fully saturated rings. The van der Waals surface area contributed by atoms with Crippen molar-refractivity contribution in [1.82, 2.24) is 9.38 Å². The maximum Gasteiger partial charge on any atom is 0.210 e. The van der Waals surface area contributed by atoms with Crippen LogP contribution in [0.15, 0.2) is 107 Å². The Morgan fingerprint density at radius 2 is 1.58 bits per heavy atom. The summed E-state index contributed by atoms with van der Waals surface area (Å²) < 4.78 is 40.5. The predicted molar refractivity (Wildman–Crippen MR) is 133 cm³/mol. The Morgan fingerprint density at radius 3 is 2.39 bits per heavy atom. The fourth-order valence-corrected chi connectivity index (χ4v) is 5.58. The maximum atomic E-state index is 13.5. The van der Waals surface area contributed by atoms with Crippen molar-refractivity contribution in [3.05, 3.63) is 109 Å². The van der Waals surface area contributed by atoms with Gasteiger partial charge in [-0.2, -0.15) is 0 Å². The van der Waals surface area contributed by atoms with Gasteiger partial charge in [-0.25, -0.2) is 13.4 Å². The Balaban J connectivity index is 1.20. The van der Waals surface area contributed by atoms with E-state index in [0.717, 1.165) is 11.2 Å². The van der Waals surface area contributed by atoms with E-state index in [1.54, 1.807) is 79.3 Å². The van der Waals surface area contributed by atoms with Gasteiger partial charge >= 0.3 is 0 Å². The maximum absolute atomic E-state index is 13.5. The number of ether oxygens (including phenoxy) is 2. The number of Topliss-reactive ketones (excluding diaryl/α,β-unsaturated/α-hetero) is 1. The lowest BCUT2D eigenvalue weighted by atomic mass is 10.0. The van der Waals surface area contributed by atoms with Crippen molar-refractivity contribution >= 4 is 21.3 Å². The fraction of sp³-hybridized carbons (Fsp3) is 0.0714. The van der Waals surface area contributed by atoms with E-state index in [4.69, 9.17) is 9.47 Å². The number of benzene rings is 3. The van der Waals surface area contributed by atoms with Crippen molar-refractivity contribution in [3.8, 4) is 23.0 Å². The Hall–Kier alpha value is -4.43. The lowest BCUT2D eigenvalue weighted by Gasteiger charge is -2.22. The third-order valence-electron chi connectivity index (χ3n) is 6.10. The number of carbonyl (C=O) groups excluding carboxylic acids is 1. The van der Waals surface area contributed by atoms with Crippen molar-refractivity contribution in [2.75, 3.05) is 0 Å². The summed E-state index contributed by atoms with van der Waals surface area (Å²) in [6.45, 7) is 0. The number of imidazole rings is 1. The first-order valence-electron chi connectivity index (χ1n) is 11.4. The number of para-hydroxylation sites is 3. The van der Waals surface area contributed by atoms with Gasteiger partial charge in [0.2, 0.25) is 9.84 Å². The molecule has 36 heavy (non-hydrogen) atoms. The smallest absolute Gasteiger partial charge is 0.210 e. The normalized spacial score (nSPS) is 12.3. The van der Waals surface area contributed by atoms with E-state index in [1.165, 1.54) is 6.07 Å². The molecule has 3 heterocycles. The van der Waals surface area contributed by atoms with Crippen LogP contribution in [0, 0.1) is 0 Å². The van der Waals surface area contributed by atoms with Crippen LogP contribution in [-0.4, -0.2) is 23.6 Å². The number of aryl methyl sites for hydroxylation is 1. The molecule has 8 heteroatoms. The number of carbonyl (C=O) groups is 1. The van der Waals surface area contributed by atoms with Crippen LogP contribution in [0.4, 0.5) is 0 Å². The minimum Gasteiger partial charge on any atom is -0.449 e. The van der Waals surface area contributed by atoms with Crippen LogP contribution in [0.25, 0.3) is 5.65 Å². The second kappa shape index (κ2) is 8.66. The van der Waals surface area contributed by atoms with E-state index in [0.29, 0.717) is 35.7 Å². The van der Waals surface area contributed by atoms with E-state index < -0.39 is 9.84 Å². The molecule has 0 saturated carbocycles. The lowest BCUT2D eigenvalue weighted by molar-refractivity contribution is 0.0982. The summed E-state index contributed by atoms with van der Waals surface area (Å²) >= 11 is 0. The molecule has 5 aromatic rings. The van der Waals surface area contributed by atoms with Gasteiger partial charge in [-0.05, 0) is 60.5 Å². The molecule has 0 saturated heterocycles. The first kappa shape index (κ1) is 22.1. The molecule has 3 aromatic carbocycles. The van der Waals surface area contributed by atoms with E-state index in [-0.39, 0.29) is 21.3 Å². The third kappa shape index (κ3) is 3.91. The Labute approximate surface area is 207 Å². The average Bonchev–Trinajstić information content (AvgIpc) is 3.38. The summed E-state index contributed by atoms with van der Waals surface area (Å²) in [7, 11) is -3.87. The molecular formula is C28H20N2O5S. The Morgan fingerprint density at radius 1 is 0.833 bits per heavy atom. The molecule has 6 rings (SSSR count). The second-order valence-electron chi connectivity index (χ2n) is 8.42. The fourth-order valence-electron chi connectivity index (χ4n) is 4.18. The van der Waals surface area contributed by atoms with E-state index >= 15 is 0 Å². The topological polar surface area (TPSA) is 87.0 Å². The molecule has 0 spiro atoms. The summed E-state index contributed by atoms with van der Waals surface area (Å²) in [5.74, 6) is 1.51. The van der Waals surface area contributed by atoms with Gasteiger partial charge in [-0.3, -0.25) is 4.79 Å². The first-order valence-corrected chi connectivity index (χ1v) is 12.8. The van der Waals surface area contributed by atoms with E-state index in [1.807, 2.05) is 16.5 Å². The molecule has 2 aromatic heterocycles. The Bertz CT molecular complexity index is 1720. The number of pyridine rings is 1. The summed E-state index contributed by atoms with van der Waals surface area (Å²) in [6.07, 6.45) is 6.05. The average molecular weight is 497 g/mol. The molecular weight excluding hydrogens is 476 g/mol. The highest BCUT2D eigenvalue weighted by atomic mass is 32.2. The summed E-state index contributed by atoms with van der Waals surface area (Å²) in [5, 5.41) is 0. The molecule has 0 radical (unpaired) electrons. The lowest BCUT2D eigenvalue weighted by Crippen LogP contribution is -2.08. The highest BCUT2D eigenvalue weighted by Crippen LogP contribution is 2.48. The van der Waals surface area contributed by atoms with Crippen LogP contribution in [0.2, 0.25) is 0 Å². The van der Waals surface area contributed by atoms with Crippen LogP contribution in [0.5, 0.6) is 23.0 Å². The van der Waals surface area contributed by atoms with Gasteiger partial charge in [0, 0.05) is 30.6 Å². The number of hydrogen-bond acceptors (Lipinski definition) is 6. The summed E-state index contributed by atoms with van der Waals surface area (Å²) in [4.78, 5) is 17.0. The zero-order valence-corrected chi connectivity index (χ0v) is 19.8. The van der Waals surface area contributed by atoms with Gasteiger partial charge in [0.1, 0.15) is 10.5 Å². The monoisotopic (exact) mass is 496 g/mol. The van der Waals surface area contributed by atoms with Gasteiger partial charge in [0.05, 0.1) is 4.90 Å². The zero-order chi connectivity index (χ0) is 24.7. The van der Waals surface area contributed by atoms with Crippen molar-refractivity contribution in [3.63, 3.8) is 0 Å². The van der Waals surface area contributed by atoms with E-state index in [9.17, 15) is 13.2 Å². The number of hydrogen-bond donors (Lipinski definition) is 0. The van der Waals surface area contributed by atoms with Gasteiger partial charge in [-0.15, -0.1) is 0 Å². The number of rotatable bonds is 6. The minimum absolute atomic E-state index is 0.00985. The largest absolute Gasteiger partial charge is 0.449 e. The standard InChI is InChI=1S/C28H20N2O5S/c31-22(20-11-15-27-29-16-17-30(27)18-20)14-10-19-8-12-21(13-9-19)36(32,33)26-7-3-6-25-28(26)35-24-5-2-1-4-23(24)34-25/h1-9,11-13,15-18H,10,14H2. The van der Waals surface area contributed by atoms with Crippen LogP contribution in [0.1, 0.15) is 22.3 Å². The molecule has 1 aliphatic rings. The molecule has 178 valence electrons. The number of sulfone groups is 1. The molecule has 1 aliphatic heterocycles. The SMILES string of the molecule is O=C(CCc1ccc(S(=O)(=O)c2cccc3c2Oc2ccccc2O3)cc1)c1ccc2nccn2c1.